The van der Waals surface area contributed by atoms with Crippen LogP contribution in [0.2, 0.25) is 0 Å². The van der Waals surface area contributed by atoms with Gasteiger partial charge in [0.2, 0.25) is 15.9 Å². The normalized spacial score (nSPS) is 16.2. The van der Waals surface area contributed by atoms with E-state index in [1.165, 1.54) is 31.2 Å². The van der Waals surface area contributed by atoms with Crippen LogP contribution in [0, 0.1) is 5.92 Å². The number of carboxylic acids is 1. The number of carboxylic acid groups (broad SMARTS) is 1. The minimum Gasteiger partial charge on any atom is -0.480 e. The smallest absolute Gasteiger partial charge is 0.322 e. The Labute approximate surface area is 122 Å². The number of aliphatic carboxylic acids is 1. The second kappa shape index (κ2) is 5.82. The van der Waals surface area contributed by atoms with Crippen molar-refractivity contribution >= 4 is 27.6 Å². The highest BCUT2D eigenvalue weighted by Crippen LogP contribution is 2.33. The van der Waals surface area contributed by atoms with E-state index < -0.39 is 22.0 Å². The van der Waals surface area contributed by atoms with Crippen molar-refractivity contribution in [1.82, 2.24) is 4.72 Å². The summed E-state index contributed by atoms with van der Waals surface area (Å²) in [7, 11) is -3.90. The molecule has 1 aliphatic rings. The molecule has 3 N–H and O–H groups in total. The van der Waals surface area contributed by atoms with Crippen LogP contribution in [0.25, 0.3) is 0 Å². The fraction of sp³-hybridized carbons (Fsp3) is 0.385. The number of hydrogen-bond acceptors (Lipinski definition) is 4. The number of anilines is 1. The zero-order valence-corrected chi connectivity index (χ0v) is 12.2. The largest absolute Gasteiger partial charge is 0.480 e. The van der Waals surface area contributed by atoms with E-state index in [0.29, 0.717) is 18.5 Å². The molecule has 0 heterocycles. The third-order valence-corrected chi connectivity index (χ3v) is 4.58. The second-order valence-electron chi connectivity index (χ2n) is 4.98. The molecule has 1 atom stereocenters. The van der Waals surface area contributed by atoms with Crippen LogP contribution in [0.4, 0.5) is 5.69 Å². The molecule has 114 valence electrons. The molecule has 21 heavy (non-hydrogen) atoms. The summed E-state index contributed by atoms with van der Waals surface area (Å²) in [5, 5.41) is 11.6. The molecule has 0 aliphatic heterocycles. The van der Waals surface area contributed by atoms with Crippen molar-refractivity contribution in [3.63, 3.8) is 0 Å². The molecule has 0 aromatic heterocycles. The summed E-state index contributed by atoms with van der Waals surface area (Å²) in [5.74, 6) is -1.57. The van der Waals surface area contributed by atoms with Gasteiger partial charge in [-0.3, -0.25) is 9.59 Å². The van der Waals surface area contributed by atoms with Crippen LogP contribution in [-0.4, -0.2) is 31.4 Å². The number of amides is 1. The fourth-order valence-electron chi connectivity index (χ4n) is 1.93. The average molecular weight is 312 g/mol. The second-order valence-corrected chi connectivity index (χ2v) is 6.69. The number of nitrogens with one attached hydrogen (secondary N) is 2. The van der Waals surface area contributed by atoms with Crippen molar-refractivity contribution in [1.29, 1.82) is 0 Å². The number of sulfonamides is 1. The van der Waals surface area contributed by atoms with Gasteiger partial charge < -0.3 is 10.4 Å². The van der Waals surface area contributed by atoms with Gasteiger partial charge in [-0.05, 0) is 43.0 Å². The van der Waals surface area contributed by atoms with Crippen LogP contribution < -0.4 is 10.0 Å². The van der Waals surface area contributed by atoms with Gasteiger partial charge in [-0.1, -0.05) is 0 Å². The molecule has 1 fully saturated rings. The first-order chi connectivity index (χ1) is 9.79. The first-order valence-electron chi connectivity index (χ1n) is 6.42. The fourth-order valence-corrected chi connectivity index (χ4v) is 3.19. The SMILES string of the molecule is CC(=O)Nc1ccc(S(=O)(=O)NC(C(=O)O)C2CC2)cc1. The molecule has 0 saturated heterocycles. The third kappa shape index (κ3) is 4.02. The van der Waals surface area contributed by atoms with Gasteiger partial charge in [-0.15, -0.1) is 0 Å². The Hall–Kier alpha value is -1.93. The predicted molar refractivity (Wildman–Crippen MR) is 75.2 cm³/mol. The molecule has 1 aromatic rings. The molecule has 1 saturated carbocycles. The van der Waals surface area contributed by atoms with Gasteiger partial charge in [0.15, 0.2) is 0 Å². The van der Waals surface area contributed by atoms with Gasteiger partial charge in [-0.25, -0.2) is 8.42 Å². The van der Waals surface area contributed by atoms with Crippen molar-refractivity contribution in [2.75, 3.05) is 5.32 Å². The number of carbonyl (C=O) groups excluding carboxylic acids is 1. The Morgan fingerprint density at radius 3 is 2.24 bits per heavy atom. The Bertz CT molecular complexity index is 650. The van der Waals surface area contributed by atoms with Gasteiger partial charge in [-0.2, -0.15) is 4.72 Å². The number of carbonyl (C=O) groups is 2. The maximum absolute atomic E-state index is 12.2. The first-order valence-corrected chi connectivity index (χ1v) is 7.91. The summed E-state index contributed by atoms with van der Waals surface area (Å²) in [6.45, 7) is 1.35. The summed E-state index contributed by atoms with van der Waals surface area (Å²) in [6.07, 6.45) is 1.42. The molecule has 8 heteroatoms. The Balaban J connectivity index is 2.15. The molecule has 7 nitrogen and oxygen atoms in total. The highest BCUT2D eigenvalue weighted by molar-refractivity contribution is 7.89. The molecule has 1 amide bonds. The topological polar surface area (TPSA) is 113 Å². The van der Waals surface area contributed by atoms with Crippen LogP contribution >= 0.6 is 0 Å². The standard InChI is InChI=1S/C13H16N2O5S/c1-8(16)14-10-4-6-11(7-5-10)21(19,20)15-12(13(17)18)9-2-3-9/h4-7,9,12,15H,2-3H2,1H3,(H,14,16)(H,17,18). The highest BCUT2D eigenvalue weighted by atomic mass is 32.2. The van der Waals surface area contributed by atoms with E-state index in [1.54, 1.807) is 0 Å². The van der Waals surface area contributed by atoms with Gasteiger partial charge in [0.1, 0.15) is 6.04 Å². The van der Waals surface area contributed by atoms with E-state index in [4.69, 9.17) is 5.11 Å². The van der Waals surface area contributed by atoms with Gasteiger partial charge in [0.25, 0.3) is 0 Å². The molecule has 1 unspecified atom stereocenters. The van der Waals surface area contributed by atoms with Gasteiger partial charge in [0.05, 0.1) is 4.90 Å². The van der Waals surface area contributed by atoms with Crippen LogP contribution in [-0.2, 0) is 19.6 Å². The summed E-state index contributed by atoms with van der Waals surface area (Å²) in [5.41, 5.74) is 0.471. The monoisotopic (exact) mass is 312 g/mol. The molecular weight excluding hydrogens is 296 g/mol. The Kier molecular flexibility index (Phi) is 4.29. The van der Waals surface area contributed by atoms with E-state index in [0.717, 1.165) is 0 Å². The summed E-state index contributed by atoms with van der Waals surface area (Å²) < 4.78 is 26.5. The van der Waals surface area contributed by atoms with Crippen LogP contribution in [0.15, 0.2) is 29.2 Å². The van der Waals surface area contributed by atoms with Crippen molar-refractivity contribution in [2.24, 2.45) is 5.92 Å². The van der Waals surface area contributed by atoms with Gasteiger partial charge in [0, 0.05) is 12.6 Å². The van der Waals surface area contributed by atoms with Crippen LogP contribution in [0.5, 0.6) is 0 Å². The van der Waals surface area contributed by atoms with E-state index in [9.17, 15) is 18.0 Å². The molecule has 0 radical (unpaired) electrons. The van der Waals surface area contributed by atoms with Gasteiger partial charge >= 0.3 is 5.97 Å². The summed E-state index contributed by atoms with van der Waals surface area (Å²) in [6, 6.07) is 4.44. The van der Waals surface area contributed by atoms with Crippen molar-refractivity contribution in [3.05, 3.63) is 24.3 Å². The number of benzene rings is 1. The maximum atomic E-state index is 12.2. The lowest BCUT2D eigenvalue weighted by Gasteiger charge is -2.14. The third-order valence-electron chi connectivity index (χ3n) is 3.13. The molecule has 2 rings (SSSR count). The van der Waals surface area contributed by atoms with E-state index in [-0.39, 0.29) is 16.7 Å². The minimum atomic E-state index is -3.90. The zero-order valence-electron chi connectivity index (χ0n) is 11.4. The molecule has 1 aliphatic carbocycles. The van der Waals surface area contributed by atoms with E-state index >= 15 is 0 Å². The molecule has 0 spiro atoms. The van der Waals surface area contributed by atoms with E-state index in [2.05, 4.69) is 10.0 Å². The van der Waals surface area contributed by atoms with E-state index in [1.807, 2.05) is 0 Å². The van der Waals surface area contributed by atoms with Crippen molar-refractivity contribution in [2.45, 2.75) is 30.7 Å². The minimum absolute atomic E-state index is 0.0384. The summed E-state index contributed by atoms with van der Waals surface area (Å²) in [4.78, 5) is 21.9. The molecule has 1 aromatic carbocycles. The molecule has 0 bridgehead atoms. The predicted octanol–water partition coefficient (Wildman–Crippen LogP) is 0.786. The van der Waals surface area contributed by atoms with Crippen molar-refractivity contribution in [3.8, 4) is 0 Å². The quantitative estimate of drug-likeness (QED) is 0.718. The maximum Gasteiger partial charge on any atom is 0.322 e. The van der Waals surface area contributed by atoms with Crippen LogP contribution in [0.1, 0.15) is 19.8 Å². The van der Waals surface area contributed by atoms with Crippen molar-refractivity contribution < 1.29 is 23.1 Å². The molecular formula is C13H16N2O5S. The zero-order chi connectivity index (χ0) is 15.6. The Morgan fingerprint density at radius 1 is 1.24 bits per heavy atom. The number of rotatable bonds is 6. The number of hydrogen-bond donors (Lipinski definition) is 3. The lowest BCUT2D eigenvalue weighted by molar-refractivity contribution is -0.139. The average Bonchev–Trinajstić information content (AvgIpc) is 3.20. The Morgan fingerprint density at radius 2 is 1.81 bits per heavy atom. The first kappa shape index (κ1) is 15.5. The summed E-state index contributed by atoms with van der Waals surface area (Å²) >= 11 is 0. The lowest BCUT2D eigenvalue weighted by atomic mass is 10.2. The lowest BCUT2D eigenvalue weighted by Crippen LogP contribution is -2.42. The van der Waals surface area contributed by atoms with Crippen LogP contribution in [0.3, 0.4) is 0 Å². The highest BCUT2D eigenvalue weighted by Gasteiger charge is 2.39.